The number of aliphatic imine (C=N–C) groups is 1. The van der Waals surface area contributed by atoms with Crippen molar-refractivity contribution in [3.63, 3.8) is 0 Å². The van der Waals surface area contributed by atoms with Gasteiger partial charge in [0.1, 0.15) is 0 Å². The van der Waals surface area contributed by atoms with Crippen molar-refractivity contribution in [1.82, 2.24) is 0 Å². The van der Waals surface area contributed by atoms with E-state index in [-0.39, 0.29) is 0 Å². The fourth-order valence-corrected chi connectivity index (χ4v) is 3.14. The third kappa shape index (κ3) is 1.36. The number of hydrogen-bond donors (Lipinski definition) is 0. The normalized spacial score (nSPS) is 45.8. The SMILES string of the molecule is C1COC(=NC2CC3CCC2C3)C1. The van der Waals surface area contributed by atoms with Crippen molar-refractivity contribution in [2.24, 2.45) is 16.8 Å². The summed E-state index contributed by atoms with van der Waals surface area (Å²) < 4.78 is 5.47. The molecule has 2 aliphatic carbocycles. The van der Waals surface area contributed by atoms with E-state index in [2.05, 4.69) is 0 Å². The predicted molar refractivity (Wildman–Crippen MR) is 51.9 cm³/mol. The summed E-state index contributed by atoms with van der Waals surface area (Å²) in [6, 6.07) is 0.631. The molecule has 1 aliphatic heterocycles. The first-order valence-electron chi connectivity index (χ1n) is 5.61. The van der Waals surface area contributed by atoms with E-state index in [0.717, 1.165) is 30.8 Å². The topological polar surface area (TPSA) is 21.6 Å². The number of fused-ring (bicyclic) bond motifs is 2. The summed E-state index contributed by atoms with van der Waals surface area (Å²) in [4.78, 5) is 4.75. The van der Waals surface area contributed by atoms with E-state index >= 15 is 0 Å². The zero-order valence-corrected chi connectivity index (χ0v) is 8.04. The Bertz CT molecular complexity index is 228. The van der Waals surface area contributed by atoms with E-state index < -0.39 is 0 Å². The molecule has 0 aromatic rings. The summed E-state index contributed by atoms with van der Waals surface area (Å²) in [6.07, 6.45) is 7.95. The van der Waals surface area contributed by atoms with Crippen LogP contribution in [-0.4, -0.2) is 18.5 Å². The Balaban J connectivity index is 1.69. The van der Waals surface area contributed by atoms with Gasteiger partial charge in [0.25, 0.3) is 0 Å². The molecule has 2 heteroatoms. The molecule has 3 unspecified atom stereocenters. The maximum atomic E-state index is 5.47. The molecule has 2 saturated carbocycles. The highest BCUT2D eigenvalue weighted by molar-refractivity contribution is 5.77. The Morgan fingerprint density at radius 1 is 1.23 bits per heavy atom. The standard InChI is InChI=1S/C11H17NO/c1-2-11(13-5-1)12-10-7-8-3-4-9(10)6-8/h8-10H,1-7H2. The van der Waals surface area contributed by atoms with Gasteiger partial charge in [-0.05, 0) is 37.5 Å². The van der Waals surface area contributed by atoms with Gasteiger partial charge >= 0.3 is 0 Å². The van der Waals surface area contributed by atoms with Crippen LogP contribution in [0, 0.1) is 11.8 Å². The molecule has 3 atom stereocenters. The van der Waals surface area contributed by atoms with Gasteiger partial charge in [-0.2, -0.15) is 0 Å². The summed E-state index contributed by atoms with van der Waals surface area (Å²) in [6.45, 7) is 0.902. The van der Waals surface area contributed by atoms with Gasteiger partial charge in [0, 0.05) is 6.42 Å². The van der Waals surface area contributed by atoms with Crippen LogP contribution in [0.2, 0.25) is 0 Å². The Morgan fingerprint density at radius 2 is 2.23 bits per heavy atom. The molecule has 0 aromatic heterocycles. The fraction of sp³-hybridized carbons (Fsp3) is 0.909. The van der Waals surface area contributed by atoms with Gasteiger partial charge in [-0.15, -0.1) is 0 Å². The number of rotatable bonds is 1. The summed E-state index contributed by atoms with van der Waals surface area (Å²) in [5.41, 5.74) is 0. The Labute approximate surface area is 79.4 Å². The van der Waals surface area contributed by atoms with Crippen LogP contribution in [0.3, 0.4) is 0 Å². The van der Waals surface area contributed by atoms with E-state index in [0.29, 0.717) is 6.04 Å². The molecule has 0 aromatic carbocycles. The number of hydrogen-bond acceptors (Lipinski definition) is 2. The minimum absolute atomic E-state index is 0.631. The number of ether oxygens (including phenoxy) is 1. The van der Waals surface area contributed by atoms with E-state index in [4.69, 9.17) is 9.73 Å². The minimum Gasteiger partial charge on any atom is -0.481 e. The van der Waals surface area contributed by atoms with E-state index in [1.165, 1.54) is 32.1 Å². The molecule has 2 bridgehead atoms. The lowest BCUT2D eigenvalue weighted by Gasteiger charge is -2.17. The molecule has 2 nitrogen and oxygen atoms in total. The van der Waals surface area contributed by atoms with Gasteiger partial charge in [-0.25, -0.2) is 0 Å². The van der Waals surface area contributed by atoms with Crippen molar-refractivity contribution < 1.29 is 4.74 Å². The highest BCUT2D eigenvalue weighted by Gasteiger charge is 2.39. The third-order valence-electron chi connectivity index (χ3n) is 3.81. The minimum atomic E-state index is 0.631. The highest BCUT2D eigenvalue weighted by Crippen LogP contribution is 2.46. The maximum absolute atomic E-state index is 5.47. The fourth-order valence-electron chi connectivity index (χ4n) is 3.14. The maximum Gasteiger partial charge on any atom is 0.183 e. The van der Waals surface area contributed by atoms with Gasteiger partial charge in [0.2, 0.25) is 0 Å². The van der Waals surface area contributed by atoms with Crippen molar-refractivity contribution in [3.05, 3.63) is 0 Å². The zero-order valence-electron chi connectivity index (χ0n) is 8.04. The van der Waals surface area contributed by atoms with Gasteiger partial charge in [0.05, 0.1) is 12.6 Å². The van der Waals surface area contributed by atoms with Crippen LogP contribution in [-0.2, 0) is 4.74 Å². The van der Waals surface area contributed by atoms with Gasteiger partial charge in [-0.3, -0.25) is 4.99 Å². The first-order valence-corrected chi connectivity index (χ1v) is 5.61. The predicted octanol–water partition coefficient (Wildman–Crippen LogP) is 2.38. The van der Waals surface area contributed by atoms with Crippen LogP contribution in [0.25, 0.3) is 0 Å². The second-order valence-corrected chi connectivity index (χ2v) is 4.72. The van der Waals surface area contributed by atoms with Gasteiger partial charge in [-0.1, -0.05) is 6.42 Å². The summed E-state index contributed by atoms with van der Waals surface area (Å²) >= 11 is 0. The van der Waals surface area contributed by atoms with E-state index in [9.17, 15) is 0 Å². The first-order chi connectivity index (χ1) is 6.42. The van der Waals surface area contributed by atoms with Crippen molar-refractivity contribution >= 4 is 5.90 Å². The molecule has 0 spiro atoms. The summed E-state index contributed by atoms with van der Waals surface area (Å²) in [5, 5.41) is 0. The third-order valence-corrected chi connectivity index (χ3v) is 3.81. The van der Waals surface area contributed by atoms with Crippen LogP contribution < -0.4 is 0 Å². The smallest absolute Gasteiger partial charge is 0.183 e. The van der Waals surface area contributed by atoms with Gasteiger partial charge in [0.15, 0.2) is 5.90 Å². The lowest BCUT2D eigenvalue weighted by atomic mass is 9.96. The van der Waals surface area contributed by atoms with Crippen molar-refractivity contribution in [3.8, 4) is 0 Å². The van der Waals surface area contributed by atoms with E-state index in [1.807, 2.05) is 0 Å². The second-order valence-electron chi connectivity index (χ2n) is 4.72. The molecular formula is C11H17NO. The molecule has 1 saturated heterocycles. The molecule has 1 heterocycles. The largest absolute Gasteiger partial charge is 0.481 e. The van der Waals surface area contributed by atoms with Crippen LogP contribution in [0.5, 0.6) is 0 Å². The average Bonchev–Trinajstić information content (AvgIpc) is 2.77. The summed E-state index contributed by atoms with van der Waals surface area (Å²) in [7, 11) is 0. The molecule has 72 valence electrons. The number of nitrogens with zero attached hydrogens (tertiary/aromatic N) is 1. The quantitative estimate of drug-likeness (QED) is 0.605. The highest BCUT2D eigenvalue weighted by atomic mass is 16.5. The zero-order chi connectivity index (χ0) is 8.67. The summed E-state index contributed by atoms with van der Waals surface area (Å²) in [5.74, 6) is 2.96. The van der Waals surface area contributed by atoms with Crippen molar-refractivity contribution in [2.75, 3.05) is 6.61 Å². The molecular weight excluding hydrogens is 162 g/mol. The monoisotopic (exact) mass is 179 g/mol. The van der Waals surface area contributed by atoms with Crippen LogP contribution in [0.4, 0.5) is 0 Å². The van der Waals surface area contributed by atoms with Crippen LogP contribution in [0.1, 0.15) is 38.5 Å². The Kier molecular flexibility index (Phi) is 1.81. The molecule has 13 heavy (non-hydrogen) atoms. The average molecular weight is 179 g/mol. The molecule has 3 fully saturated rings. The van der Waals surface area contributed by atoms with Crippen molar-refractivity contribution in [1.29, 1.82) is 0 Å². The lowest BCUT2D eigenvalue weighted by molar-refractivity contribution is 0.333. The lowest BCUT2D eigenvalue weighted by Crippen LogP contribution is -2.16. The van der Waals surface area contributed by atoms with Crippen LogP contribution in [0.15, 0.2) is 4.99 Å². The van der Waals surface area contributed by atoms with Crippen LogP contribution >= 0.6 is 0 Å². The molecule has 0 radical (unpaired) electrons. The first kappa shape index (κ1) is 7.84. The van der Waals surface area contributed by atoms with Gasteiger partial charge < -0.3 is 4.74 Å². The second kappa shape index (κ2) is 3.00. The Morgan fingerprint density at radius 3 is 2.85 bits per heavy atom. The van der Waals surface area contributed by atoms with Crippen molar-refractivity contribution in [2.45, 2.75) is 44.6 Å². The molecule has 0 N–H and O–H groups in total. The Hall–Kier alpha value is -0.530. The van der Waals surface area contributed by atoms with E-state index in [1.54, 1.807) is 0 Å². The molecule has 3 rings (SSSR count). The molecule has 0 amide bonds. The molecule has 3 aliphatic rings.